The summed E-state index contributed by atoms with van der Waals surface area (Å²) < 4.78 is 49.1. The van der Waals surface area contributed by atoms with Gasteiger partial charge in [0.1, 0.15) is 0 Å². The highest BCUT2D eigenvalue weighted by molar-refractivity contribution is 8.03. The van der Waals surface area contributed by atoms with Crippen molar-refractivity contribution in [1.29, 1.82) is 0 Å². The van der Waals surface area contributed by atoms with Crippen molar-refractivity contribution in [1.82, 2.24) is 3.87 Å². The molecule has 150 valence electrons. The number of carbonyl (C=O) groups excluding carboxylic acids is 2. The van der Waals surface area contributed by atoms with Gasteiger partial charge < -0.3 is 10.6 Å². The van der Waals surface area contributed by atoms with Crippen LogP contribution in [0, 0.1) is 0 Å². The quantitative estimate of drug-likeness (QED) is 0.589. The number of nitrogens with one attached hydrogen (secondary N) is 2. The van der Waals surface area contributed by atoms with Gasteiger partial charge in [0.25, 0.3) is 20.0 Å². The average Bonchev–Trinajstić information content (AvgIpc) is 2.61. The van der Waals surface area contributed by atoms with E-state index in [0.29, 0.717) is 11.4 Å². The molecule has 0 saturated heterocycles. The van der Waals surface area contributed by atoms with E-state index in [1.54, 1.807) is 0 Å². The second-order valence-corrected chi connectivity index (χ2v) is 9.37. The van der Waals surface area contributed by atoms with Crippen molar-refractivity contribution in [3.8, 4) is 0 Å². The van der Waals surface area contributed by atoms with E-state index >= 15 is 0 Å². The van der Waals surface area contributed by atoms with Crippen molar-refractivity contribution < 1.29 is 31.6 Å². The first-order valence-corrected chi connectivity index (χ1v) is 10.6. The molecule has 0 fully saturated rings. The van der Waals surface area contributed by atoms with Gasteiger partial charge in [0, 0.05) is 29.1 Å². The second kappa shape index (κ2) is 8.06. The molecule has 0 radical (unpaired) electrons. The molecular weight excluding hydrogens is 410 g/mol. The summed E-state index contributed by atoms with van der Waals surface area (Å²) in [7, 11) is -9.60. The Morgan fingerprint density at radius 3 is 1.25 bits per heavy atom. The van der Waals surface area contributed by atoms with Crippen LogP contribution >= 0.6 is 0 Å². The molecule has 0 aliphatic rings. The summed E-state index contributed by atoms with van der Waals surface area (Å²) in [6, 6.07) is 9.15. The average molecular weight is 427 g/mol. The molecule has 0 atom stereocenters. The number of carbonyl (C=O) groups is 2. The van der Waals surface area contributed by atoms with Gasteiger partial charge in [-0.1, -0.05) is 0 Å². The van der Waals surface area contributed by atoms with Crippen LogP contribution in [-0.4, -0.2) is 37.7 Å². The van der Waals surface area contributed by atoms with Gasteiger partial charge in [0.2, 0.25) is 11.8 Å². The number of sulfonamides is 2. The van der Waals surface area contributed by atoms with Crippen LogP contribution < -0.4 is 10.6 Å². The first-order chi connectivity index (χ1) is 12.9. The number of nitrogens with zero attached hydrogens (tertiary/aromatic N) is 1. The predicted octanol–water partition coefficient (Wildman–Crippen LogP) is 1.37. The Bertz CT molecular complexity index is 1000. The summed E-state index contributed by atoms with van der Waals surface area (Å²) >= 11 is 0. The maximum atomic E-state index is 12.5. The molecule has 12 heteroatoms. The fourth-order valence-corrected chi connectivity index (χ4v) is 5.01. The summed E-state index contributed by atoms with van der Waals surface area (Å²) in [6.07, 6.45) is 0. The third-order valence-electron chi connectivity index (χ3n) is 3.36. The monoisotopic (exact) mass is 427 g/mol. The highest BCUT2D eigenvalue weighted by Gasteiger charge is 2.35. The topological polar surface area (TPSA) is 150 Å². The minimum Gasteiger partial charge on any atom is -0.326 e. The Labute approximate surface area is 161 Å². The summed E-state index contributed by atoms with van der Waals surface area (Å²) in [5, 5.41) is 14.8. The molecule has 0 saturated carbocycles. The molecule has 2 aromatic carbocycles. The molecule has 2 amide bonds. The zero-order valence-electron chi connectivity index (χ0n) is 14.8. The summed E-state index contributed by atoms with van der Waals surface area (Å²) in [5.74, 6) is -0.741. The van der Waals surface area contributed by atoms with Gasteiger partial charge in [-0.25, -0.2) is 16.8 Å². The van der Waals surface area contributed by atoms with E-state index in [1.165, 1.54) is 38.1 Å². The van der Waals surface area contributed by atoms with Crippen molar-refractivity contribution in [2.24, 2.45) is 0 Å². The highest BCUT2D eigenvalue weighted by Crippen LogP contribution is 2.24. The van der Waals surface area contributed by atoms with Crippen LogP contribution in [0.2, 0.25) is 0 Å². The van der Waals surface area contributed by atoms with Crippen molar-refractivity contribution in [2.45, 2.75) is 23.6 Å². The molecule has 2 aromatic rings. The molecule has 0 spiro atoms. The normalized spacial score (nSPS) is 11.9. The van der Waals surface area contributed by atoms with E-state index in [-0.39, 0.29) is 11.8 Å². The summed E-state index contributed by atoms with van der Waals surface area (Å²) in [6.45, 7) is 2.54. The molecule has 0 unspecified atom stereocenters. The molecule has 0 aliphatic carbocycles. The number of rotatable bonds is 6. The standard InChI is InChI=1S/C16H17N3O7S2/c1-11(20)17-13-3-7-15(8-4-13)27(23,24)19(22)28(25,26)16-9-5-14(6-10-16)18-12(2)21/h3-10,22H,1-2H3,(H,17,20)(H,18,21). The number of benzene rings is 2. The molecule has 3 N–H and O–H groups in total. The van der Waals surface area contributed by atoms with Gasteiger partial charge in [-0.2, -0.15) is 0 Å². The van der Waals surface area contributed by atoms with Crippen LogP contribution in [0.3, 0.4) is 0 Å². The van der Waals surface area contributed by atoms with Crippen LogP contribution in [0.15, 0.2) is 58.3 Å². The van der Waals surface area contributed by atoms with Gasteiger partial charge in [-0.3, -0.25) is 14.8 Å². The fraction of sp³-hybridized carbons (Fsp3) is 0.125. The van der Waals surface area contributed by atoms with Gasteiger partial charge in [0.15, 0.2) is 0 Å². The molecule has 0 heterocycles. The maximum Gasteiger partial charge on any atom is 0.279 e. The molecule has 2 rings (SSSR count). The van der Waals surface area contributed by atoms with E-state index in [9.17, 15) is 31.6 Å². The second-order valence-electron chi connectivity index (χ2n) is 5.60. The minimum atomic E-state index is -4.80. The van der Waals surface area contributed by atoms with E-state index in [1.807, 2.05) is 0 Å². The SMILES string of the molecule is CC(=O)Nc1ccc(S(=O)(=O)N(O)S(=O)(=O)c2ccc(NC(C)=O)cc2)cc1. The smallest absolute Gasteiger partial charge is 0.279 e. The lowest BCUT2D eigenvalue weighted by Crippen LogP contribution is -2.34. The molecule has 0 bridgehead atoms. The Balaban J connectivity index is 2.32. The summed E-state index contributed by atoms with van der Waals surface area (Å²) in [5.41, 5.74) is 0.597. The largest absolute Gasteiger partial charge is 0.326 e. The number of hydrogen-bond acceptors (Lipinski definition) is 7. The molecule has 0 aromatic heterocycles. The first-order valence-electron chi connectivity index (χ1n) is 7.69. The van der Waals surface area contributed by atoms with E-state index in [4.69, 9.17) is 0 Å². The van der Waals surface area contributed by atoms with Crippen LogP contribution in [0.5, 0.6) is 0 Å². The first kappa shape index (κ1) is 21.5. The van der Waals surface area contributed by atoms with E-state index in [0.717, 1.165) is 24.3 Å². The van der Waals surface area contributed by atoms with Gasteiger partial charge in [-0.15, -0.1) is 0 Å². The predicted molar refractivity (Wildman–Crippen MR) is 99.5 cm³/mol. The fourth-order valence-electron chi connectivity index (χ4n) is 2.14. The Morgan fingerprint density at radius 1 is 0.714 bits per heavy atom. The van der Waals surface area contributed by atoms with Gasteiger partial charge in [-0.05, 0) is 48.5 Å². The zero-order valence-corrected chi connectivity index (χ0v) is 16.4. The van der Waals surface area contributed by atoms with Gasteiger partial charge >= 0.3 is 0 Å². The van der Waals surface area contributed by atoms with E-state index in [2.05, 4.69) is 10.6 Å². The van der Waals surface area contributed by atoms with Crippen LogP contribution in [0.4, 0.5) is 11.4 Å². The van der Waals surface area contributed by atoms with Gasteiger partial charge in [0.05, 0.1) is 9.79 Å². The molecule has 28 heavy (non-hydrogen) atoms. The van der Waals surface area contributed by atoms with Crippen molar-refractivity contribution in [3.05, 3.63) is 48.5 Å². The molecule has 0 aliphatic heterocycles. The number of anilines is 2. The third kappa shape index (κ3) is 4.72. The minimum absolute atomic E-state index is 0.298. The Morgan fingerprint density at radius 2 is 1.00 bits per heavy atom. The van der Waals surface area contributed by atoms with Crippen molar-refractivity contribution in [3.63, 3.8) is 0 Å². The molecular formula is C16H17N3O7S2. The van der Waals surface area contributed by atoms with E-state index < -0.39 is 33.7 Å². The zero-order chi connectivity index (χ0) is 21.1. The van der Waals surface area contributed by atoms with Crippen LogP contribution in [0.1, 0.15) is 13.8 Å². The highest BCUT2D eigenvalue weighted by atomic mass is 32.3. The third-order valence-corrected chi connectivity index (χ3v) is 7.09. The maximum absolute atomic E-state index is 12.5. The lowest BCUT2D eigenvalue weighted by molar-refractivity contribution is -0.115. The van der Waals surface area contributed by atoms with Crippen molar-refractivity contribution in [2.75, 3.05) is 10.6 Å². The number of amides is 2. The number of hydrogen-bond donors (Lipinski definition) is 3. The van der Waals surface area contributed by atoms with Crippen LogP contribution in [-0.2, 0) is 29.6 Å². The van der Waals surface area contributed by atoms with Crippen molar-refractivity contribution >= 4 is 43.2 Å². The lowest BCUT2D eigenvalue weighted by Gasteiger charge is -2.16. The lowest BCUT2D eigenvalue weighted by atomic mass is 10.3. The van der Waals surface area contributed by atoms with Crippen LogP contribution in [0.25, 0.3) is 0 Å². The Hall–Kier alpha value is -2.80. The molecule has 10 nitrogen and oxygen atoms in total. The Kier molecular flexibility index (Phi) is 6.19. The summed E-state index contributed by atoms with van der Waals surface area (Å²) in [4.78, 5) is 21.0.